The zero-order valence-electron chi connectivity index (χ0n) is 14.4. The monoisotopic (exact) mass is 326 g/mol. The van der Waals surface area contributed by atoms with Crippen LogP contribution in [0.2, 0.25) is 0 Å². The molecule has 3 rings (SSSR count). The maximum absolute atomic E-state index is 9.64. The summed E-state index contributed by atoms with van der Waals surface area (Å²) in [6, 6.07) is 2.35. The minimum atomic E-state index is 0.303. The van der Waals surface area contributed by atoms with Crippen molar-refractivity contribution in [3.05, 3.63) is 28.5 Å². The average Bonchev–Trinajstić information content (AvgIpc) is 3.06. The molecule has 0 radical (unpaired) electrons. The van der Waals surface area contributed by atoms with Gasteiger partial charge in [-0.3, -0.25) is 0 Å². The first-order chi connectivity index (χ1) is 11.7. The van der Waals surface area contributed by atoms with Gasteiger partial charge in [-0.25, -0.2) is 0 Å². The van der Waals surface area contributed by atoms with Crippen LogP contribution in [0, 0.1) is 18.3 Å². The minimum absolute atomic E-state index is 0.303. The van der Waals surface area contributed by atoms with Crippen LogP contribution in [0.4, 0.5) is 5.82 Å². The lowest BCUT2D eigenvalue weighted by atomic mass is 9.95. The molecule has 0 aromatic carbocycles. The van der Waals surface area contributed by atoms with Crippen LogP contribution >= 0.6 is 0 Å². The van der Waals surface area contributed by atoms with Gasteiger partial charge < -0.3 is 9.42 Å². The predicted octanol–water partition coefficient (Wildman–Crippen LogP) is 2.55. The van der Waals surface area contributed by atoms with Crippen molar-refractivity contribution in [3.8, 4) is 6.07 Å². The van der Waals surface area contributed by atoms with E-state index in [1.165, 1.54) is 0 Å². The topological polar surface area (TPSA) is 91.7 Å². The molecule has 2 aromatic rings. The summed E-state index contributed by atoms with van der Waals surface area (Å²) in [7, 11) is 0. The van der Waals surface area contributed by atoms with Gasteiger partial charge in [-0.1, -0.05) is 19.0 Å². The predicted molar refractivity (Wildman–Crippen MR) is 88.7 cm³/mol. The van der Waals surface area contributed by atoms with Crippen LogP contribution in [0.5, 0.6) is 0 Å². The number of hydrogen-bond acceptors (Lipinski definition) is 7. The van der Waals surface area contributed by atoms with Crippen LogP contribution in [0.15, 0.2) is 4.52 Å². The Labute approximate surface area is 141 Å². The molecule has 0 saturated carbocycles. The number of piperidine rings is 1. The number of rotatable bonds is 4. The molecule has 7 heteroatoms. The van der Waals surface area contributed by atoms with E-state index in [0.717, 1.165) is 55.9 Å². The summed E-state index contributed by atoms with van der Waals surface area (Å²) in [6.45, 7) is 7.54. The molecule has 0 atom stereocenters. The highest BCUT2D eigenvalue weighted by molar-refractivity contribution is 5.58. The van der Waals surface area contributed by atoms with E-state index in [4.69, 9.17) is 4.52 Å². The van der Waals surface area contributed by atoms with Crippen molar-refractivity contribution in [2.45, 2.75) is 52.4 Å². The Hall–Kier alpha value is -2.49. The quantitative estimate of drug-likeness (QED) is 0.852. The maximum Gasteiger partial charge on any atom is 0.223 e. The molecule has 3 heterocycles. The molecule has 0 spiro atoms. The molecule has 1 aliphatic rings. The molecule has 126 valence electrons. The molecule has 24 heavy (non-hydrogen) atoms. The Morgan fingerprint density at radius 3 is 2.50 bits per heavy atom. The number of nitriles is 1. The van der Waals surface area contributed by atoms with E-state index < -0.39 is 0 Å². The molecule has 0 N–H and O–H groups in total. The molecule has 7 nitrogen and oxygen atoms in total. The van der Waals surface area contributed by atoms with E-state index in [-0.39, 0.29) is 0 Å². The van der Waals surface area contributed by atoms with Gasteiger partial charge >= 0.3 is 0 Å². The zero-order valence-corrected chi connectivity index (χ0v) is 14.4. The zero-order chi connectivity index (χ0) is 17.1. The van der Waals surface area contributed by atoms with E-state index in [1.54, 1.807) is 0 Å². The highest BCUT2D eigenvalue weighted by Crippen LogP contribution is 2.30. The number of anilines is 1. The molecule has 0 bridgehead atoms. The normalized spacial score (nSPS) is 15.5. The minimum Gasteiger partial charge on any atom is -0.354 e. The summed E-state index contributed by atoms with van der Waals surface area (Å²) < 4.78 is 5.08. The fourth-order valence-electron chi connectivity index (χ4n) is 3.33. The van der Waals surface area contributed by atoms with Gasteiger partial charge in [0, 0.05) is 25.9 Å². The van der Waals surface area contributed by atoms with E-state index >= 15 is 0 Å². The van der Waals surface area contributed by atoms with Crippen LogP contribution in [0.25, 0.3) is 0 Å². The van der Waals surface area contributed by atoms with Crippen LogP contribution in [0.3, 0.4) is 0 Å². The second kappa shape index (κ2) is 6.95. The number of nitrogens with zero attached hydrogens (tertiary/aromatic N) is 6. The van der Waals surface area contributed by atoms with E-state index in [0.29, 0.717) is 23.2 Å². The third-order valence-electron chi connectivity index (χ3n) is 4.64. The van der Waals surface area contributed by atoms with Crippen molar-refractivity contribution >= 4 is 5.82 Å². The molecule has 1 fully saturated rings. The summed E-state index contributed by atoms with van der Waals surface area (Å²) >= 11 is 0. The van der Waals surface area contributed by atoms with Gasteiger partial charge in [-0.2, -0.15) is 15.3 Å². The molecular weight excluding hydrogens is 304 g/mol. The highest BCUT2D eigenvalue weighted by atomic mass is 16.5. The largest absolute Gasteiger partial charge is 0.354 e. The lowest BCUT2D eigenvalue weighted by Crippen LogP contribution is -2.35. The average molecular weight is 326 g/mol. The fourth-order valence-corrected chi connectivity index (χ4v) is 3.33. The standard InChI is InChI=1S/C17H22N6O/c1-4-13-14(10-18)17(21-20-15(13)5-2)23-8-6-12(7-9-23)16-19-11(3)24-22-16/h12H,4-9H2,1-3H3. The second-order valence-electron chi connectivity index (χ2n) is 6.08. The summed E-state index contributed by atoms with van der Waals surface area (Å²) in [4.78, 5) is 6.50. The molecule has 1 saturated heterocycles. The van der Waals surface area contributed by atoms with Gasteiger partial charge in [0.15, 0.2) is 11.6 Å². The lowest BCUT2D eigenvalue weighted by molar-refractivity contribution is 0.375. The van der Waals surface area contributed by atoms with Gasteiger partial charge in [-0.15, -0.1) is 5.10 Å². The Kier molecular flexibility index (Phi) is 4.74. The van der Waals surface area contributed by atoms with Crippen molar-refractivity contribution in [2.75, 3.05) is 18.0 Å². The Morgan fingerprint density at radius 1 is 1.21 bits per heavy atom. The van der Waals surface area contributed by atoms with E-state index in [9.17, 15) is 5.26 Å². The Balaban J connectivity index is 1.80. The lowest BCUT2D eigenvalue weighted by Gasteiger charge is -2.32. The summed E-state index contributed by atoms with van der Waals surface area (Å²) in [6.07, 6.45) is 3.43. The summed E-state index contributed by atoms with van der Waals surface area (Å²) in [5.41, 5.74) is 2.63. The molecular formula is C17H22N6O. The van der Waals surface area contributed by atoms with Crippen LogP contribution in [0.1, 0.15) is 61.1 Å². The summed E-state index contributed by atoms with van der Waals surface area (Å²) in [5, 5.41) is 22.4. The number of aromatic nitrogens is 4. The highest BCUT2D eigenvalue weighted by Gasteiger charge is 2.27. The van der Waals surface area contributed by atoms with Gasteiger partial charge in [-0.05, 0) is 31.2 Å². The fraction of sp³-hybridized carbons (Fsp3) is 0.588. The van der Waals surface area contributed by atoms with Crippen molar-refractivity contribution in [1.82, 2.24) is 20.3 Å². The second-order valence-corrected chi connectivity index (χ2v) is 6.08. The Bertz CT molecular complexity index is 755. The van der Waals surface area contributed by atoms with Crippen molar-refractivity contribution in [2.24, 2.45) is 0 Å². The third kappa shape index (κ3) is 2.96. The number of aryl methyl sites for hydroxylation is 2. The first-order valence-corrected chi connectivity index (χ1v) is 8.51. The molecule has 0 amide bonds. The van der Waals surface area contributed by atoms with Gasteiger partial charge in [0.1, 0.15) is 11.6 Å². The van der Waals surface area contributed by atoms with Crippen molar-refractivity contribution in [1.29, 1.82) is 5.26 Å². The first kappa shape index (κ1) is 16.4. The molecule has 1 aliphatic heterocycles. The van der Waals surface area contributed by atoms with Crippen molar-refractivity contribution in [3.63, 3.8) is 0 Å². The van der Waals surface area contributed by atoms with Gasteiger partial charge in [0.2, 0.25) is 5.89 Å². The van der Waals surface area contributed by atoms with Crippen LogP contribution in [-0.4, -0.2) is 33.4 Å². The molecule has 0 unspecified atom stereocenters. The number of hydrogen-bond donors (Lipinski definition) is 0. The van der Waals surface area contributed by atoms with Crippen molar-refractivity contribution < 1.29 is 4.52 Å². The van der Waals surface area contributed by atoms with Crippen LogP contribution < -0.4 is 4.90 Å². The third-order valence-corrected chi connectivity index (χ3v) is 4.64. The Morgan fingerprint density at radius 2 is 1.96 bits per heavy atom. The van der Waals surface area contributed by atoms with Gasteiger partial charge in [0.25, 0.3) is 0 Å². The SMILES string of the molecule is CCc1nnc(N2CCC(c3noc(C)n3)CC2)c(C#N)c1CC. The summed E-state index contributed by atoms with van der Waals surface area (Å²) in [5.74, 6) is 2.41. The molecule has 2 aromatic heterocycles. The first-order valence-electron chi connectivity index (χ1n) is 8.51. The van der Waals surface area contributed by atoms with E-state index in [2.05, 4.69) is 38.2 Å². The smallest absolute Gasteiger partial charge is 0.223 e. The van der Waals surface area contributed by atoms with E-state index in [1.807, 2.05) is 13.8 Å². The van der Waals surface area contributed by atoms with Crippen LogP contribution in [-0.2, 0) is 12.8 Å². The van der Waals surface area contributed by atoms with Gasteiger partial charge in [0.05, 0.1) is 5.69 Å². The maximum atomic E-state index is 9.64. The molecule has 0 aliphatic carbocycles.